The highest BCUT2D eigenvalue weighted by atomic mass is 16.5. The molecule has 1 aliphatic heterocycles. The number of carboxylic acid groups (broad SMARTS) is 1. The van der Waals surface area contributed by atoms with Gasteiger partial charge in [0.25, 0.3) is 0 Å². The first-order chi connectivity index (χ1) is 8.25. The Morgan fingerprint density at radius 1 is 1.47 bits per heavy atom. The van der Waals surface area contributed by atoms with E-state index < -0.39 is 12.1 Å². The maximum Gasteiger partial charge on any atom is 0.103 e. The minimum Gasteiger partial charge on any atom is -0.550 e. The molecule has 0 bridgehead atoms. The molecule has 1 aromatic heterocycles. The highest BCUT2D eigenvalue weighted by molar-refractivity contribution is 5.85. The van der Waals surface area contributed by atoms with E-state index in [9.17, 15) is 9.90 Å². The van der Waals surface area contributed by atoms with Crippen molar-refractivity contribution in [3.05, 3.63) is 35.5 Å². The lowest BCUT2D eigenvalue weighted by Gasteiger charge is -2.23. The largest absolute Gasteiger partial charge is 0.550 e. The molecule has 17 heavy (non-hydrogen) atoms. The van der Waals surface area contributed by atoms with E-state index in [2.05, 4.69) is 4.98 Å². The van der Waals surface area contributed by atoms with Crippen LogP contribution in [0.2, 0.25) is 0 Å². The van der Waals surface area contributed by atoms with Gasteiger partial charge in [0.2, 0.25) is 0 Å². The quantitative estimate of drug-likeness (QED) is 0.834. The third-order valence-corrected chi connectivity index (χ3v) is 3.19. The van der Waals surface area contributed by atoms with Gasteiger partial charge >= 0.3 is 0 Å². The normalized spacial score (nSPS) is 19.2. The standard InChI is InChI=1S/C13H13NO3/c15-12(16)7-11-13-9(5-6-17-11)8-3-1-2-4-10(8)14-13/h1-4,11,14H,5-7H2,(H,15,16)/p-1. The Morgan fingerprint density at radius 2 is 2.29 bits per heavy atom. The van der Waals surface area contributed by atoms with E-state index in [4.69, 9.17) is 4.74 Å². The zero-order valence-corrected chi connectivity index (χ0v) is 9.23. The smallest absolute Gasteiger partial charge is 0.103 e. The Morgan fingerprint density at radius 3 is 3.12 bits per heavy atom. The van der Waals surface area contributed by atoms with Crippen LogP contribution >= 0.6 is 0 Å². The molecule has 1 aliphatic rings. The van der Waals surface area contributed by atoms with Gasteiger partial charge in [-0.05, 0) is 18.1 Å². The van der Waals surface area contributed by atoms with Crippen LogP contribution < -0.4 is 5.11 Å². The lowest BCUT2D eigenvalue weighted by Crippen LogP contribution is -2.27. The summed E-state index contributed by atoms with van der Waals surface area (Å²) in [6, 6.07) is 7.98. The first-order valence-electron chi connectivity index (χ1n) is 5.66. The maximum atomic E-state index is 10.7. The number of carbonyl (C=O) groups is 1. The van der Waals surface area contributed by atoms with Gasteiger partial charge in [-0.2, -0.15) is 0 Å². The van der Waals surface area contributed by atoms with Crippen molar-refractivity contribution in [3.63, 3.8) is 0 Å². The fourth-order valence-corrected chi connectivity index (χ4v) is 2.46. The lowest BCUT2D eigenvalue weighted by molar-refractivity contribution is -0.308. The van der Waals surface area contributed by atoms with E-state index in [1.54, 1.807) is 0 Å². The third kappa shape index (κ3) is 1.70. The zero-order valence-electron chi connectivity index (χ0n) is 9.23. The SMILES string of the molecule is O=C([O-])CC1OCCc2c1[nH]c1ccccc21. The maximum absolute atomic E-state index is 10.7. The number of carbonyl (C=O) groups excluding carboxylic acids is 1. The fourth-order valence-electron chi connectivity index (χ4n) is 2.46. The molecule has 2 heterocycles. The third-order valence-electron chi connectivity index (χ3n) is 3.19. The van der Waals surface area contributed by atoms with Gasteiger partial charge in [-0.1, -0.05) is 18.2 Å². The van der Waals surface area contributed by atoms with Gasteiger partial charge in [0.1, 0.15) is 6.10 Å². The number of aliphatic carboxylic acids is 1. The number of aromatic amines is 1. The van der Waals surface area contributed by atoms with Crippen LogP contribution in [0.4, 0.5) is 0 Å². The second kappa shape index (κ2) is 3.89. The summed E-state index contributed by atoms with van der Waals surface area (Å²) in [6.45, 7) is 0.562. The van der Waals surface area contributed by atoms with Crippen molar-refractivity contribution in [2.45, 2.75) is 18.9 Å². The molecule has 1 N–H and O–H groups in total. The zero-order chi connectivity index (χ0) is 11.8. The van der Waals surface area contributed by atoms with Crippen molar-refractivity contribution in [1.29, 1.82) is 0 Å². The predicted octanol–water partition coefficient (Wildman–Crippen LogP) is 0.922. The van der Waals surface area contributed by atoms with Gasteiger partial charge in [-0.15, -0.1) is 0 Å². The second-order valence-corrected chi connectivity index (χ2v) is 4.25. The van der Waals surface area contributed by atoms with Crippen molar-refractivity contribution in [3.8, 4) is 0 Å². The molecular weight excluding hydrogens is 218 g/mol. The van der Waals surface area contributed by atoms with E-state index in [1.165, 1.54) is 5.56 Å². The lowest BCUT2D eigenvalue weighted by atomic mass is 10.0. The van der Waals surface area contributed by atoms with Crippen molar-refractivity contribution >= 4 is 16.9 Å². The number of ether oxygens (including phenoxy) is 1. The van der Waals surface area contributed by atoms with Gasteiger partial charge in [0, 0.05) is 29.0 Å². The number of benzene rings is 1. The summed E-state index contributed by atoms with van der Waals surface area (Å²) in [5, 5.41) is 11.8. The molecule has 0 amide bonds. The Hall–Kier alpha value is -1.81. The van der Waals surface area contributed by atoms with E-state index in [1.807, 2.05) is 24.3 Å². The molecule has 0 saturated heterocycles. The van der Waals surface area contributed by atoms with Crippen molar-refractivity contribution < 1.29 is 14.6 Å². The van der Waals surface area contributed by atoms with E-state index in [0.29, 0.717) is 6.61 Å². The van der Waals surface area contributed by atoms with Crippen molar-refractivity contribution in [2.75, 3.05) is 6.61 Å². The van der Waals surface area contributed by atoms with Gasteiger partial charge in [0.05, 0.1) is 6.61 Å². The Kier molecular flexibility index (Phi) is 2.37. The Labute approximate surface area is 98.2 Å². The topological polar surface area (TPSA) is 65.2 Å². The molecule has 4 nitrogen and oxygen atoms in total. The molecule has 2 aromatic rings. The molecule has 3 rings (SSSR count). The number of para-hydroxylation sites is 1. The van der Waals surface area contributed by atoms with Gasteiger partial charge in [-0.3, -0.25) is 0 Å². The van der Waals surface area contributed by atoms with Crippen LogP contribution in [0.3, 0.4) is 0 Å². The first-order valence-corrected chi connectivity index (χ1v) is 5.66. The molecular formula is C13H12NO3-. The molecule has 0 radical (unpaired) electrons. The summed E-state index contributed by atoms with van der Waals surface area (Å²) < 4.78 is 5.49. The number of hydrogen-bond donors (Lipinski definition) is 1. The second-order valence-electron chi connectivity index (χ2n) is 4.25. The van der Waals surface area contributed by atoms with Crippen LogP contribution in [0, 0.1) is 0 Å². The highest BCUT2D eigenvalue weighted by Crippen LogP contribution is 2.33. The molecule has 1 unspecified atom stereocenters. The van der Waals surface area contributed by atoms with Crippen LogP contribution in [-0.4, -0.2) is 17.6 Å². The van der Waals surface area contributed by atoms with E-state index >= 15 is 0 Å². The Bertz CT molecular complexity index is 573. The summed E-state index contributed by atoms with van der Waals surface area (Å²) in [5.41, 5.74) is 3.10. The number of aromatic nitrogens is 1. The van der Waals surface area contributed by atoms with E-state index in [0.717, 1.165) is 23.0 Å². The summed E-state index contributed by atoms with van der Waals surface area (Å²) in [7, 11) is 0. The number of H-pyrrole nitrogens is 1. The number of nitrogens with one attached hydrogen (secondary N) is 1. The molecule has 1 atom stereocenters. The molecule has 0 saturated carbocycles. The minimum absolute atomic E-state index is 0.0974. The molecule has 0 fully saturated rings. The summed E-state index contributed by atoms with van der Waals surface area (Å²) in [4.78, 5) is 13.9. The predicted molar refractivity (Wildman–Crippen MR) is 60.3 cm³/mol. The number of rotatable bonds is 2. The monoisotopic (exact) mass is 230 g/mol. The Balaban J connectivity index is 2.10. The van der Waals surface area contributed by atoms with Gasteiger partial charge < -0.3 is 19.6 Å². The first kappa shape index (κ1) is 10.4. The average molecular weight is 230 g/mol. The average Bonchev–Trinajstić information content (AvgIpc) is 2.68. The van der Waals surface area contributed by atoms with Crippen molar-refractivity contribution in [1.82, 2.24) is 4.98 Å². The summed E-state index contributed by atoms with van der Waals surface area (Å²) >= 11 is 0. The van der Waals surface area contributed by atoms with Crippen LogP contribution in [-0.2, 0) is 16.0 Å². The fraction of sp³-hybridized carbons (Fsp3) is 0.308. The van der Waals surface area contributed by atoms with Crippen molar-refractivity contribution in [2.24, 2.45) is 0 Å². The molecule has 4 heteroatoms. The van der Waals surface area contributed by atoms with Crippen LogP contribution in [0.5, 0.6) is 0 Å². The van der Waals surface area contributed by atoms with E-state index in [-0.39, 0.29) is 6.42 Å². The van der Waals surface area contributed by atoms with Crippen LogP contribution in [0.15, 0.2) is 24.3 Å². The van der Waals surface area contributed by atoms with Gasteiger partial charge in [0.15, 0.2) is 0 Å². The highest BCUT2D eigenvalue weighted by Gasteiger charge is 2.24. The molecule has 0 spiro atoms. The molecule has 88 valence electrons. The summed E-state index contributed by atoms with van der Waals surface area (Å²) in [5.74, 6) is -1.08. The van der Waals surface area contributed by atoms with Crippen LogP contribution in [0.1, 0.15) is 23.8 Å². The summed E-state index contributed by atoms with van der Waals surface area (Å²) in [6.07, 6.45) is 0.319. The molecule has 0 aliphatic carbocycles. The van der Waals surface area contributed by atoms with Gasteiger partial charge in [-0.25, -0.2) is 0 Å². The number of carboxylic acids is 1. The minimum atomic E-state index is -1.08. The number of hydrogen-bond acceptors (Lipinski definition) is 3. The molecule has 1 aromatic carbocycles. The van der Waals surface area contributed by atoms with Crippen LogP contribution in [0.25, 0.3) is 10.9 Å². The number of fused-ring (bicyclic) bond motifs is 3.